The van der Waals surface area contributed by atoms with Gasteiger partial charge in [0.15, 0.2) is 11.6 Å². The fourth-order valence-electron chi connectivity index (χ4n) is 3.65. The molecule has 1 aliphatic rings. The quantitative estimate of drug-likeness (QED) is 0.536. The van der Waals surface area contributed by atoms with Gasteiger partial charge in [0, 0.05) is 21.8 Å². The van der Waals surface area contributed by atoms with Crippen molar-refractivity contribution in [3.8, 4) is 0 Å². The number of carbonyl (C=O) groups excluding carboxylic acids is 2. The summed E-state index contributed by atoms with van der Waals surface area (Å²) in [7, 11) is 0. The number of amides is 2. The van der Waals surface area contributed by atoms with Gasteiger partial charge in [-0.2, -0.15) is 0 Å². The van der Waals surface area contributed by atoms with E-state index < -0.39 is 23.1 Å². The summed E-state index contributed by atoms with van der Waals surface area (Å²) in [4.78, 5) is 25.0. The SMILES string of the molecule is O=C(Nc1ccc(C2(NC(=O)c3ccc(F)c(F)c3)CCC2)cc1)c1cccc(Cl)c1. The number of carbonyl (C=O) groups is 2. The molecular formula is C24H19ClF2N2O2. The summed E-state index contributed by atoms with van der Waals surface area (Å²) in [5.74, 6) is -2.79. The second kappa shape index (κ2) is 8.47. The third-order valence-corrected chi connectivity index (χ3v) is 5.76. The van der Waals surface area contributed by atoms with Gasteiger partial charge in [0.25, 0.3) is 11.8 Å². The Labute approximate surface area is 183 Å². The van der Waals surface area contributed by atoms with E-state index in [-0.39, 0.29) is 11.5 Å². The lowest BCUT2D eigenvalue weighted by molar-refractivity contribution is 0.0822. The molecule has 1 fully saturated rings. The van der Waals surface area contributed by atoms with Crippen LogP contribution in [0.3, 0.4) is 0 Å². The Morgan fingerprint density at radius 2 is 1.55 bits per heavy atom. The second-order valence-electron chi connectivity index (χ2n) is 7.56. The molecule has 0 unspecified atom stereocenters. The number of nitrogens with one attached hydrogen (secondary N) is 2. The molecule has 2 amide bonds. The Hall–Kier alpha value is -3.25. The maximum Gasteiger partial charge on any atom is 0.255 e. The molecule has 3 aromatic carbocycles. The zero-order valence-corrected chi connectivity index (χ0v) is 17.2. The van der Waals surface area contributed by atoms with Crippen molar-refractivity contribution in [1.82, 2.24) is 5.32 Å². The average Bonchev–Trinajstić information content (AvgIpc) is 2.73. The van der Waals surface area contributed by atoms with E-state index in [0.29, 0.717) is 16.3 Å². The van der Waals surface area contributed by atoms with Crippen LogP contribution < -0.4 is 10.6 Å². The summed E-state index contributed by atoms with van der Waals surface area (Å²) in [6.07, 6.45) is 2.40. The van der Waals surface area contributed by atoms with E-state index in [2.05, 4.69) is 10.6 Å². The maximum absolute atomic E-state index is 13.5. The molecule has 0 bridgehead atoms. The zero-order chi connectivity index (χ0) is 22.0. The Morgan fingerprint density at radius 1 is 0.839 bits per heavy atom. The van der Waals surface area contributed by atoms with Gasteiger partial charge in [0.2, 0.25) is 0 Å². The molecule has 2 N–H and O–H groups in total. The van der Waals surface area contributed by atoms with E-state index in [0.717, 1.165) is 37.0 Å². The molecule has 0 atom stereocenters. The highest BCUT2D eigenvalue weighted by molar-refractivity contribution is 6.31. The summed E-state index contributed by atoms with van der Waals surface area (Å²) >= 11 is 5.93. The third kappa shape index (κ3) is 4.44. The first-order valence-electron chi connectivity index (χ1n) is 9.81. The van der Waals surface area contributed by atoms with Crippen molar-refractivity contribution < 1.29 is 18.4 Å². The van der Waals surface area contributed by atoms with Gasteiger partial charge in [-0.1, -0.05) is 29.8 Å². The van der Waals surface area contributed by atoms with Crippen molar-refractivity contribution in [2.75, 3.05) is 5.32 Å². The first kappa shape index (κ1) is 21.0. The topological polar surface area (TPSA) is 58.2 Å². The first-order valence-corrected chi connectivity index (χ1v) is 10.2. The van der Waals surface area contributed by atoms with E-state index in [1.807, 2.05) is 12.1 Å². The number of anilines is 1. The van der Waals surface area contributed by atoms with Crippen LogP contribution in [0.15, 0.2) is 66.7 Å². The Morgan fingerprint density at radius 3 is 2.16 bits per heavy atom. The molecule has 158 valence electrons. The van der Waals surface area contributed by atoms with Crippen molar-refractivity contribution in [3.05, 3.63) is 100 Å². The summed E-state index contributed by atoms with van der Waals surface area (Å²) in [5, 5.41) is 6.27. The van der Waals surface area contributed by atoms with Gasteiger partial charge in [-0.15, -0.1) is 0 Å². The van der Waals surface area contributed by atoms with E-state index in [4.69, 9.17) is 11.6 Å². The van der Waals surface area contributed by atoms with Crippen LogP contribution in [0.2, 0.25) is 5.02 Å². The lowest BCUT2D eigenvalue weighted by atomic mass is 9.71. The fraction of sp³-hybridized carbons (Fsp3) is 0.167. The Kier molecular flexibility index (Phi) is 5.74. The highest BCUT2D eigenvalue weighted by Crippen LogP contribution is 2.41. The molecule has 31 heavy (non-hydrogen) atoms. The van der Waals surface area contributed by atoms with E-state index in [1.165, 1.54) is 6.07 Å². The lowest BCUT2D eigenvalue weighted by Crippen LogP contribution is -2.50. The van der Waals surface area contributed by atoms with Crippen molar-refractivity contribution in [2.24, 2.45) is 0 Å². The fourth-order valence-corrected chi connectivity index (χ4v) is 3.84. The van der Waals surface area contributed by atoms with Gasteiger partial charge in [-0.05, 0) is 73.4 Å². The van der Waals surface area contributed by atoms with Crippen LogP contribution in [0.25, 0.3) is 0 Å². The monoisotopic (exact) mass is 440 g/mol. The standard InChI is InChI=1S/C24H19ClF2N2O2/c25-18-4-1-3-15(13-18)22(30)28-19-8-6-17(7-9-19)24(11-2-12-24)29-23(31)16-5-10-20(26)21(27)14-16/h1,3-10,13-14H,2,11-12H2,(H,28,30)(H,29,31). The van der Waals surface area contributed by atoms with Crippen LogP contribution in [0, 0.1) is 11.6 Å². The summed E-state index contributed by atoms with van der Waals surface area (Å²) in [6.45, 7) is 0. The van der Waals surface area contributed by atoms with Crippen molar-refractivity contribution in [2.45, 2.75) is 24.8 Å². The molecule has 7 heteroatoms. The molecule has 4 rings (SSSR count). The van der Waals surface area contributed by atoms with Gasteiger partial charge in [-0.3, -0.25) is 9.59 Å². The van der Waals surface area contributed by atoms with Crippen molar-refractivity contribution in [1.29, 1.82) is 0 Å². The van der Waals surface area contributed by atoms with Gasteiger partial charge in [0.05, 0.1) is 5.54 Å². The van der Waals surface area contributed by atoms with Crippen molar-refractivity contribution in [3.63, 3.8) is 0 Å². The highest BCUT2D eigenvalue weighted by atomic mass is 35.5. The Balaban J connectivity index is 1.48. The lowest BCUT2D eigenvalue weighted by Gasteiger charge is -2.43. The largest absolute Gasteiger partial charge is 0.343 e. The van der Waals surface area contributed by atoms with E-state index in [1.54, 1.807) is 36.4 Å². The minimum absolute atomic E-state index is 0.0654. The van der Waals surface area contributed by atoms with Crippen LogP contribution in [0.1, 0.15) is 45.5 Å². The number of halogens is 3. The number of rotatable bonds is 5. The first-order chi connectivity index (χ1) is 14.9. The molecular weight excluding hydrogens is 422 g/mol. The minimum atomic E-state index is -1.06. The van der Waals surface area contributed by atoms with Gasteiger partial charge < -0.3 is 10.6 Å². The predicted octanol–water partition coefficient (Wildman–Crippen LogP) is 5.68. The molecule has 0 saturated heterocycles. The molecule has 4 nitrogen and oxygen atoms in total. The molecule has 1 saturated carbocycles. The highest BCUT2D eigenvalue weighted by Gasteiger charge is 2.40. The number of benzene rings is 3. The van der Waals surface area contributed by atoms with Crippen molar-refractivity contribution >= 4 is 29.1 Å². The molecule has 3 aromatic rings. The molecule has 0 spiro atoms. The van der Waals surface area contributed by atoms with Gasteiger partial charge in [0.1, 0.15) is 0 Å². The smallest absolute Gasteiger partial charge is 0.255 e. The van der Waals surface area contributed by atoms with Gasteiger partial charge in [-0.25, -0.2) is 8.78 Å². The summed E-state index contributed by atoms with van der Waals surface area (Å²) < 4.78 is 26.6. The third-order valence-electron chi connectivity index (χ3n) is 5.52. The molecule has 0 aromatic heterocycles. The molecule has 0 heterocycles. The van der Waals surface area contributed by atoms with Crippen LogP contribution in [-0.4, -0.2) is 11.8 Å². The molecule has 1 aliphatic carbocycles. The van der Waals surface area contributed by atoms with E-state index in [9.17, 15) is 18.4 Å². The molecule has 0 aliphatic heterocycles. The maximum atomic E-state index is 13.5. The average molecular weight is 441 g/mol. The summed E-state index contributed by atoms with van der Waals surface area (Å²) in [6, 6.07) is 17.0. The van der Waals surface area contributed by atoms with Crippen LogP contribution in [-0.2, 0) is 5.54 Å². The van der Waals surface area contributed by atoms with Gasteiger partial charge >= 0.3 is 0 Å². The van der Waals surface area contributed by atoms with Crippen LogP contribution in [0.4, 0.5) is 14.5 Å². The predicted molar refractivity (Wildman–Crippen MR) is 115 cm³/mol. The van der Waals surface area contributed by atoms with E-state index >= 15 is 0 Å². The Bertz CT molecular complexity index is 1140. The zero-order valence-electron chi connectivity index (χ0n) is 16.4. The normalized spacial score (nSPS) is 14.4. The number of hydrogen-bond acceptors (Lipinski definition) is 2. The summed E-state index contributed by atoms with van der Waals surface area (Å²) in [5.41, 5.74) is 1.43. The van der Waals surface area contributed by atoms with Crippen LogP contribution in [0.5, 0.6) is 0 Å². The minimum Gasteiger partial charge on any atom is -0.343 e. The molecule has 0 radical (unpaired) electrons. The second-order valence-corrected chi connectivity index (χ2v) is 8.00. The van der Waals surface area contributed by atoms with Crippen LogP contribution >= 0.6 is 11.6 Å². The number of hydrogen-bond donors (Lipinski definition) is 2.